The molecule has 0 N–H and O–H groups in total. The Kier molecular flexibility index (Phi) is 4.63. The van der Waals surface area contributed by atoms with Crippen LogP contribution in [0.3, 0.4) is 0 Å². The van der Waals surface area contributed by atoms with E-state index < -0.39 is 0 Å². The Balaban J connectivity index is 2.54. The minimum Gasteiger partial charge on any atom is -0.342 e. The summed E-state index contributed by atoms with van der Waals surface area (Å²) in [6.07, 6.45) is 2.89. The lowest BCUT2D eigenvalue weighted by molar-refractivity contribution is -0.131. The second-order valence-electron chi connectivity index (χ2n) is 5.51. The Morgan fingerprint density at radius 1 is 1.47 bits per heavy atom. The number of alkyl halides is 1. The number of nitrogens with zero attached hydrogens (tertiary/aromatic N) is 1. The highest BCUT2D eigenvalue weighted by atomic mass is 79.9. The summed E-state index contributed by atoms with van der Waals surface area (Å²) in [5.41, 5.74) is 0.335. The molecule has 1 fully saturated rings. The van der Waals surface area contributed by atoms with E-state index in [-0.39, 0.29) is 0 Å². The van der Waals surface area contributed by atoms with Gasteiger partial charge < -0.3 is 4.90 Å². The van der Waals surface area contributed by atoms with Crippen molar-refractivity contribution in [2.75, 3.05) is 18.4 Å². The van der Waals surface area contributed by atoms with Crippen molar-refractivity contribution in [1.82, 2.24) is 4.90 Å². The molecule has 15 heavy (non-hydrogen) atoms. The van der Waals surface area contributed by atoms with E-state index in [1.54, 1.807) is 0 Å². The third-order valence-electron chi connectivity index (χ3n) is 3.22. The summed E-state index contributed by atoms with van der Waals surface area (Å²) in [5, 5.41) is 0.972. The van der Waals surface area contributed by atoms with Crippen molar-refractivity contribution in [3.63, 3.8) is 0 Å². The van der Waals surface area contributed by atoms with Gasteiger partial charge in [-0.05, 0) is 24.2 Å². The Morgan fingerprint density at radius 2 is 2.13 bits per heavy atom. The van der Waals surface area contributed by atoms with E-state index in [9.17, 15) is 4.79 Å². The van der Waals surface area contributed by atoms with Gasteiger partial charge in [0.05, 0.1) is 0 Å². The topological polar surface area (TPSA) is 20.3 Å². The SMILES string of the molecule is CC(CBr)CN1CCC(C)(C)CCC1=O. The zero-order valence-corrected chi connectivity index (χ0v) is 11.6. The summed E-state index contributed by atoms with van der Waals surface area (Å²) >= 11 is 3.47. The highest BCUT2D eigenvalue weighted by Gasteiger charge is 2.27. The summed E-state index contributed by atoms with van der Waals surface area (Å²) in [6.45, 7) is 8.54. The summed E-state index contributed by atoms with van der Waals surface area (Å²) in [7, 11) is 0. The molecule has 88 valence electrons. The van der Waals surface area contributed by atoms with Crippen LogP contribution in [0, 0.1) is 11.3 Å². The van der Waals surface area contributed by atoms with Crippen molar-refractivity contribution in [3.8, 4) is 0 Å². The van der Waals surface area contributed by atoms with E-state index in [1.165, 1.54) is 0 Å². The molecule has 3 heteroatoms. The van der Waals surface area contributed by atoms with Crippen LogP contribution in [0.4, 0.5) is 0 Å². The second kappa shape index (κ2) is 5.33. The highest BCUT2D eigenvalue weighted by Crippen LogP contribution is 2.30. The van der Waals surface area contributed by atoms with Gasteiger partial charge in [0.15, 0.2) is 0 Å². The first-order valence-corrected chi connectivity index (χ1v) is 6.90. The summed E-state index contributed by atoms with van der Waals surface area (Å²) in [4.78, 5) is 13.9. The van der Waals surface area contributed by atoms with Crippen LogP contribution < -0.4 is 0 Å². The molecule has 1 aliphatic heterocycles. The minimum atomic E-state index is 0.335. The summed E-state index contributed by atoms with van der Waals surface area (Å²) in [5.74, 6) is 0.892. The Hall–Kier alpha value is -0.0500. The molecule has 0 spiro atoms. The number of carbonyl (C=O) groups is 1. The van der Waals surface area contributed by atoms with Gasteiger partial charge in [0.2, 0.25) is 5.91 Å². The quantitative estimate of drug-likeness (QED) is 0.725. The predicted octanol–water partition coefficient (Wildman–Crippen LogP) is 3.06. The van der Waals surface area contributed by atoms with Gasteiger partial charge >= 0.3 is 0 Å². The molecule has 1 amide bonds. The van der Waals surface area contributed by atoms with Crippen molar-refractivity contribution in [1.29, 1.82) is 0 Å². The zero-order valence-electron chi connectivity index (χ0n) is 10.1. The van der Waals surface area contributed by atoms with Crippen molar-refractivity contribution in [2.45, 2.75) is 40.0 Å². The van der Waals surface area contributed by atoms with Crippen molar-refractivity contribution < 1.29 is 4.79 Å². The molecular formula is C12H22BrNO. The van der Waals surface area contributed by atoms with Gasteiger partial charge in [-0.2, -0.15) is 0 Å². The Labute approximate surface area is 102 Å². The van der Waals surface area contributed by atoms with E-state index in [1.807, 2.05) is 4.90 Å². The predicted molar refractivity (Wildman–Crippen MR) is 67.2 cm³/mol. The molecule has 1 unspecified atom stereocenters. The molecule has 1 heterocycles. The fourth-order valence-corrected chi connectivity index (χ4v) is 2.11. The van der Waals surface area contributed by atoms with Gasteiger partial charge in [-0.3, -0.25) is 4.79 Å². The van der Waals surface area contributed by atoms with Crippen LogP contribution in [-0.2, 0) is 4.79 Å². The fourth-order valence-electron chi connectivity index (χ4n) is 1.91. The van der Waals surface area contributed by atoms with E-state index >= 15 is 0 Å². The molecule has 0 aromatic carbocycles. The van der Waals surface area contributed by atoms with Crippen LogP contribution in [0.5, 0.6) is 0 Å². The lowest BCUT2D eigenvalue weighted by Gasteiger charge is -2.25. The number of halogens is 1. The number of hydrogen-bond donors (Lipinski definition) is 0. The number of rotatable bonds is 3. The first-order valence-electron chi connectivity index (χ1n) is 5.78. The molecule has 2 nitrogen and oxygen atoms in total. The van der Waals surface area contributed by atoms with E-state index in [0.29, 0.717) is 17.2 Å². The number of carbonyl (C=O) groups excluding carboxylic acids is 1. The molecule has 0 bridgehead atoms. The monoisotopic (exact) mass is 275 g/mol. The maximum Gasteiger partial charge on any atom is 0.222 e. The van der Waals surface area contributed by atoms with Crippen LogP contribution in [0.15, 0.2) is 0 Å². The molecule has 0 aromatic heterocycles. The third kappa shape index (κ3) is 4.13. The van der Waals surface area contributed by atoms with Gasteiger partial charge in [-0.25, -0.2) is 0 Å². The molecule has 1 aliphatic rings. The average Bonchev–Trinajstić information content (AvgIpc) is 2.31. The number of amides is 1. The van der Waals surface area contributed by atoms with Gasteiger partial charge in [-0.1, -0.05) is 36.7 Å². The smallest absolute Gasteiger partial charge is 0.222 e. The Morgan fingerprint density at radius 3 is 2.73 bits per heavy atom. The van der Waals surface area contributed by atoms with Crippen LogP contribution in [0.1, 0.15) is 40.0 Å². The maximum absolute atomic E-state index is 11.9. The second-order valence-corrected chi connectivity index (χ2v) is 6.16. The van der Waals surface area contributed by atoms with Crippen molar-refractivity contribution in [2.24, 2.45) is 11.3 Å². The van der Waals surface area contributed by atoms with Crippen LogP contribution in [0.2, 0.25) is 0 Å². The standard InChI is InChI=1S/C12H22BrNO/c1-10(8-13)9-14-7-6-12(2,3)5-4-11(14)15/h10H,4-9H2,1-3H3. The third-order valence-corrected chi connectivity index (χ3v) is 4.33. The van der Waals surface area contributed by atoms with Crippen molar-refractivity contribution in [3.05, 3.63) is 0 Å². The van der Waals surface area contributed by atoms with Gasteiger partial charge in [0, 0.05) is 24.8 Å². The van der Waals surface area contributed by atoms with Gasteiger partial charge in [-0.15, -0.1) is 0 Å². The molecule has 1 saturated heterocycles. The van der Waals surface area contributed by atoms with Crippen LogP contribution in [-0.4, -0.2) is 29.2 Å². The van der Waals surface area contributed by atoms with Gasteiger partial charge in [0.1, 0.15) is 0 Å². The number of likely N-dealkylation sites (tertiary alicyclic amines) is 1. The molecule has 1 atom stereocenters. The molecule has 0 radical (unpaired) electrons. The normalized spacial score (nSPS) is 23.7. The first-order chi connectivity index (χ1) is 6.94. The van der Waals surface area contributed by atoms with E-state index in [4.69, 9.17) is 0 Å². The fraction of sp³-hybridized carbons (Fsp3) is 0.917. The largest absolute Gasteiger partial charge is 0.342 e. The lowest BCUT2D eigenvalue weighted by atomic mass is 9.85. The average molecular weight is 276 g/mol. The van der Waals surface area contributed by atoms with Crippen molar-refractivity contribution >= 4 is 21.8 Å². The molecule has 1 rings (SSSR count). The first kappa shape index (κ1) is 13.0. The highest BCUT2D eigenvalue weighted by molar-refractivity contribution is 9.09. The molecule has 0 saturated carbocycles. The zero-order chi connectivity index (χ0) is 11.5. The lowest BCUT2D eigenvalue weighted by Crippen LogP contribution is -2.34. The molecule has 0 aromatic rings. The van der Waals surface area contributed by atoms with E-state index in [2.05, 4.69) is 36.7 Å². The number of hydrogen-bond acceptors (Lipinski definition) is 1. The summed E-state index contributed by atoms with van der Waals surface area (Å²) < 4.78 is 0. The molecular weight excluding hydrogens is 254 g/mol. The molecule has 0 aliphatic carbocycles. The van der Waals surface area contributed by atoms with E-state index in [0.717, 1.165) is 37.7 Å². The Bertz CT molecular complexity index is 228. The summed E-state index contributed by atoms with van der Waals surface area (Å²) in [6, 6.07) is 0. The maximum atomic E-state index is 11.9. The van der Waals surface area contributed by atoms with Crippen LogP contribution in [0.25, 0.3) is 0 Å². The van der Waals surface area contributed by atoms with Gasteiger partial charge in [0.25, 0.3) is 0 Å². The minimum absolute atomic E-state index is 0.335. The van der Waals surface area contributed by atoms with Crippen LogP contribution >= 0.6 is 15.9 Å².